The Bertz CT molecular complexity index is 977. The number of hydrogen-bond donors (Lipinski definition) is 1. The Morgan fingerprint density at radius 2 is 1.70 bits per heavy atom. The summed E-state index contributed by atoms with van der Waals surface area (Å²) >= 11 is -0.463. The molecule has 0 aliphatic carbocycles. The molecule has 0 bridgehead atoms. The molecule has 0 unspecified atom stereocenters. The van der Waals surface area contributed by atoms with Gasteiger partial charge in [-0.2, -0.15) is 13.2 Å². The van der Waals surface area contributed by atoms with Gasteiger partial charge in [0, 0.05) is 11.0 Å². The van der Waals surface area contributed by atoms with Crippen molar-refractivity contribution in [1.82, 2.24) is 0 Å². The average molecular weight is 420 g/mol. The number of nitro groups is 1. The fraction of sp³-hybridized carbons (Fsp3) is 0.133. The second-order valence-corrected chi connectivity index (χ2v) is 8.14. The van der Waals surface area contributed by atoms with Crippen molar-refractivity contribution in [3.8, 4) is 0 Å². The maximum absolute atomic E-state index is 12.6. The standard InChI is InChI=1S/C15H11F3N2O5S2/c16-15(17,18)26-12-7-3-1-5-10(12)19-14(21)9-27(24,25)13-8-4-2-6-11(13)20(22)23/h1-8H,9H2,(H,19,21). The summed E-state index contributed by atoms with van der Waals surface area (Å²) in [5, 5.41) is 13.1. The Labute approximate surface area is 155 Å². The van der Waals surface area contributed by atoms with Crippen molar-refractivity contribution in [3.63, 3.8) is 0 Å². The predicted octanol–water partition coefficient (Wildman–Crippen LogP) is 3.62. The molecule has 0 heterocycles. The Hall–Kier alpha value is -2.60. The number of halogens is 3. The number of para-hydroxylation sites is 2. The average Bonchev–Trinajstić information content (AvgIpc) is 2.55. The monoisotopic (exact) mass is 420 g/mol. The van der Waals surface area contributed by atoms with Gasteiger partial charge >= 0.3 is 5.51 Å². The number of thioether (sulfide) groups is 1. The van der Waals surface area contributed by atoms with Gasteiger partial charge in [0.1, 0.15) is 10.6 Å². The van der Waals surface area contributed by atoms with Gasteiger partial charge in [0.15, 0.2) is 9.84 Å². The van der Waals surface area contributed by atoms with Crippen LogP contribution in [0.2, 0.25) is 0 Å². The summed E-state index contributed by atoms with van der Waals surface area (Å²) in [7, 11) is -4.39. The molecule has 1 N–H and O–H groups in total. The fourth-order valence-electron chi connectivity index (χ4n) is 2.09. The van der Waals surface area contributed by atoms with Crippen LogP contribution in [0.15, 0.2) is 58.3 Å². The molecule has 0 radical (unpaired) electrons. The van der Waals surface area contributed by atoms with Gasteiger partial charge in [-0.1, -0.05) is 24.3 Å². The summed E-state index contributed by atoms with van der Waals surface area (Å²) in [5.74, 6) is -2.29. The second-order valence-electron chi connectivity index (χ2n) is 5.08. The maximum atomic E-state index is 12.6. The van der Waals surface area contributed by atoms with E-state index in [1.807, 2.05) is 0 Å². The van der Waals surface area contributed by atoms with Crippen molar-refractivity contribution in [2.24, 2.45) is 0 Å². The molecule has 0 spiro atoms. The molecule has 0 atom stereocenters. The first-order valence-electron chi connectivity index (χ1n) is 7.10. The van der Waals surface area contributed by atoms with Crippen LogP contribution < -0.4 is 5.32 Å². The molecule has 2 aromatic rings. The first-order chi connectivity index (χ1) is 12.5. The van der Waals surface area contributed by atoms with Crippen molar-refractivity contribution in [2.45, 2.75) is 15.3 Å². The Morgan fingerprint density at radius 3 is 2.33 bits per heavy atom. The normalized spacial score (nSPS) is 11.8. The van der Waals surface area contributed by atoms with Gasteiger partial charge in [-0.3, -0.25) is 14.9 Å². The molecule has 7 nitrogen and oxygen atoms in total. The number of benzene rings is 2. The van der Waals surface area contributed by atoms with Crippen LogP contribution in [0.25, 0.3) is 0 Å². The van der Waals surface area contributed by atoms with E-state index in [1.165, 1.54) is 30.3 Å². The number of carbonyl (C=O) groups is 1. The number of hydrogen-bond acceptors (Lipinski definition) is 6. The van der Waals surface area contributed by atoms with E-state index in [9.17, 15) is 36.5 Å². The number of nitrogens with one attached hydrogen (secondary N) is 1. The summed E-state index contributed by atoms with van der Waals surface area (Å²) in [6, 6.07) is 9.47. The molecular formula is C15H11F3N2O5S2. The molecule has 27 heavy (non-hydrogen) atoms. The Balaban J connectivity index is 2.23. The summed E-state index contributed by atoms with van der Waals surface area (Å²) < 4.78 is 62.3. The van der Waals surface area contributed by atoms with E-state index in [1.54, 1.807) is 0 Å². The third kappa shape index (κ3) is 5.69. The fourth-order valence-corrected chi connectivity index (χ4v) is 4.04. The zero-order valence-electron chi connectivity index (χ0n) is 13.3. The van der Waals surface area contributed by atoms with E-state index in [2.05, 4.69) is 5.32 Å². The summed E-state index contributed by atoms with van der Waals surface area (Å²) in [6.07, 6.45) is 0. The predicted molar refractivity (Wildman–Crippen MR) is 92.1 cm³/mol. The molecule has 0 aromatic heterocycles. The highest BCUT2D eigenvalue weighted by Crippen LogP contribution is 2.40. The molecule has 0 fully saturated rings. The molecule has 2 rings (SSSR count). The number of rotatable bonds is 6. The number of nitrogens with zero attached hydrogens (tertiary/aromatic N) is 1. The lowest BCUT2D eigenvalue weighted by Gasteiger charge is -2.12. The largest absolute Gasteiger partial charge is 0.446 e. The number of anilines is 1. The lowest BCUT2D eigenvalue weighted by Crippen LogP contribution is -2.24. The van der Waals surface area contributed by atoms with E-state index in [0.717, 1.165) is 18.2 Å². The van der Waals surface area contributed by atoms with Gasteiger partial charge in [0.25, 0.3) is 5.69 Å². The second kappa shape index (κ2) is 7.96. The maximum Gasteiger partial charge on any atom is 0.446 e. The van der Waals surface area contributed by atoms with Crippen LogP contribution >= 0.6 is 11.8 Å². The van der Waals surface area contributed by atoms with Crippen molar-refractivity contribution in [2.75, 3.05) is 11.1 Å². The molecule has 0 saturated heterocycles. The quantitative estimate of drug-likeness (QED) is 0.435. The Kier molecular flexibility index (Phi) is 6.11. The highest BCUT2D eigenvalue weighted by molar-refractivity contribution is 8.00. The van der Waals surface area contributed by atoms with Crippen LogP contribution in [0.5, 0.6) is 0 Å². The summed E-state index contributed by atoms with van der Waals surface area (Å²) in [5.41, 5.74) is -5.52. The van der Waals surface area contributed by atoms with Crippen LogP contribution in [-0.2, 0) is 14.6 Å². The van der Waals surface area contributed by atoms with Crippen LogP contribution in [0.1, 0.15) is 0 Å². The van der Waals surface area contributed by atoms with Crippen LogP contribution in [0.4, 0.5) is 24.5 Å². The van der Waals surface area contributed by atoms with Crippen molar-refractivity contribution < 1.29 is 31.3 Å². The molecule has 1 amide bonds. The third-order valence-electron chi connectivity index (χ3n) is 3.10. The number of sulfone groups is 1. The summed E-state index contributed by atoms with van der Waals surface area (Å²) in [4.78, 5) is 21.1. The first kappa shape index (κ1) is 20.7. The van der Waals surface area contributed by atoms with Gasteiger partial charge in [0.2, 0.25) is 5.91 Å². The molecule has 2 aromatic carbocycles. The number of alkyl halides is 3. The number of amides is 1. The summed E-state index contributed by atoms with van der Waals surface area (Å²) in [6.45, 7) is 0. The zero-order chi connectivity index (χ0) is 20.2. The Morgan fingerprint density at radius 1 is 1.11 bits per heavy atom. The van der Waals surface area contributed by atoms with Crippen molar-refractivity contribution in [3.05, 3.63) is 58.6 Å². The molecule has 0 saturated carbocycles. The van der Waals surface area contributed by atoms with Gasteiger partial charge in [-0.25, -0.2) is 8.42 Å². The van der Waals surface area contributed by atoms with E-state index in [-0.39, 0.29) is 10.6 Å². The van der Waals surface area contributed by atoms with Crippen LogP contribution in [0.3, 0.4) is 0 Å². The van der Waals surface area contributed by atoms with E-state index >= 15 is 0 Å². The molecule has 12 heteroatoms. The third-order valence-corrected chi connectivity index (χ3v) is 5.57. The van der Waals surface area contributed by atoms with Crippen molar-refractivity contribution in [1.29, 1.82) is 0 Å². The van der Waals surface area contributed by atoms with Crippen molar-refractivity contribution >= 4 is 38.9 Å². The van der Waals surface area contributed by atoms with E-state index in [0.29, 0.717) is 0 Å². The molecular weight excluding hydrogens is 409 g/mol. The van der Waals surface area contributed by atoms with Crippen LogP contribution in [0, 0.1) is 10.1 Å². The number of carbonyl (C=O) groups excluding carboxylic acids is 1. The van der Waals surface area contributed by atoms with E-state index in [4.69, 9.17) is 0 Å². The molecule has 144 valence electrons. The first-order valence-corrected chi connectivity index (χ1v) is 9.57. The van der Waals surface area contributed by atoms with Gasteiger partial charge in [-0.15, -0.1) is 0 Å². The minimum Gasteiger partial charge on any atom is -0.324 e. The lowest BCUT2D eigenvalue weighted by atomic mass is 10.3. The minimum atomic E-state index is -4.60. The molecule has 0 aliphatic heterocycles. The van der Waals surface area contributed by atoms with Gasteiger partial charge < -0.3 is 5.32 Å². The van der Waals surface area contributed by atoms with Gasteiger partial charge in [-0.05, 0) is 30.0 Å². The van der Waals surface area contributed by atoms with Gasteiger partial charge in [0.05, 0.1) is 10.6 Å². The molecule has 0 aliphatic rings. The lowest BCUT2D eigenvalue weighted by molar-refractivity contribution is -0.387. The SMILES string of the molecule is O=C(CS(=O)(=O)c1ccccc1[N+](=O)[O-])Nc1ccccc1SC(F)(F)F. The zero-order valence-corrected chi connectivity index (χ0v) is 14.9. The highest BCUT2D eigenvalue weighted by Gasteiger charge is 2.31. The van der Waals surface area contributed by atoms with Crippen LogP contribution in [-0.4, -0.2) is 30.5 Å². The smallest absolute Gasteiger partial charge is 0.324 e. The number of nitro benzene ring substituents is 1. The minimum absolute atomic E-state index is 0.220. The van der Waals surface area contributed by atoms with E-state index < -0.39 is 54.3 Å². The topological polar surface area (TPSA) is 106 Å². The highest BCUT2D eigenvalue weighted by atomic mass is 32.2.